The maximum Gasteiger partial charge on any atom is 0.0543 e. The predicted molar refractivity (Wildman–Crippen MR) is 216 cm³/mol. The van der Waals surface area contributed by atoms with E-state index in [1.165, 1.54) is 125 Å². The van der Waals surface area contributed by atoms with Crippen molar-refractivity contribution in [2.24, 2.45) is 11.8 Å². The van der Waals surface area contributed by atoms with Crippen molar-refractivity contribution in [3.8, 4) is 22.3 Å². The highest BCUT2D eigenvalue weighted by molar-refractivity contribution is 6.05. The fourth-order valence-electron chi connectivity index (χ4n) is 11.2. The van der Waals surface area contributed by atoms with Crippen LogP contribution in [0.25, 0.3) is 33.0 Å². The maximum absolute atomic E-state index is 2.64. The summed E-state index contributed by atoms with van der Waals surface area (Å²) in [5.74, 6) is 3.14. The minimum atomic E-state index is -0.142. The third-order valence-electron chi connectivity index (χ3n) is 13.5. The molecule has 10 rings (SSSR count). The second kappa shape index (κ2) is 12.3. The topological polar surface area (TPSA) is 3.24 Å². The Morgan fingerprint density at radius 1 is 0.588 bits per heavy atom. The molecular weight excluding hydrogens is 615 g/mol. The van der Waals surface area contributed by atoms with Gasteiger partial charge in [0.25, 0.3) is 0 Å². The number of rotatable bonds is 6. The Hall–Kier alpha value is -4.62. The van der Waals surface area contributed by atoms with Gasteiger partial charge in [-0.1, -0.05) is 143 Å². The second-order valence-corrected chi connectivity index (χ2v) is 16.7. The quantitative estimate of drug-likeness (QED) is 0.171. The summed E-state index contributed by atoms with van der Waals surface area (Å²) in [6, 6.07) is 49.1. The molecule has 1 nitrogen and oxygen atoms in total. The van der Waals surface area contributed by atoms with Crippen LogP contribution in [0.3, 0.4) is 0 Å². The molecule has 0 radical (unpaired) electrons. The molecule has 1 heteroatoms. The lowest BCUT2D eigenvalue weighted by Crippen LogP contribution is -2.19. The molecule has 0 N–H and O–H groups in total. The lowest BCUT2D eigenvalue weighted by Gasteiger charge is -2.34. The molecule has 0 aromatic heterocycles. The second-order valence-electron chi connectivity index (χ2n) is 16.7. The van der Waals surface area contributed by atoms with Crippen LogP contribution in [0.4, 0.5) is 17.1 Å². The number of fused-ring (bicyclic) bond motifs is 6. The summed E-state index contributed by atoms with van der Waals surface area (Å²) in [7, 11) is 0. The standard InChI is InChI=1S/C50H49N/c1-50(2)44-21-10-9-19-41(44)42-29-30-46(48(49(42)50)37-15-7-4-8-16-37)51(39-27-25-35(26-28-39)43-32-33-23-24-38(43)31-33)45-22-12-18-36-17-11-20-40(47(36)45)34-13-5-3-6-14-34/h4,7-12,15-22,25-30,33-34,38,43H,3,5-6,13-14,23-24,31-32H2,1-2H3. The van der Waals surface area contributed by atoms with Crippen LogP contribution in [0.5, 0.6) is 0 Å². The molecule has 6 aromatic carbocycles. The van der Waals surface area contributed by atoms with E-state index in [-0.39, 0.29) is 5.41 Å². The van der Waals surface area contributed by atoms with Crippen molar-refractivity contribution in [1.29, 1.82) is 0 Å². The highest BCUT2D eigenvalue weighted by atomic mass is 15.1. The molecule has 2 bridgehead atoms. The fourth-order valence-corrected chi connectivity index (χ4v) is 11.2. The molecular formula is C50H49N. The molecule has 0 amide bonds. The SMILES string of the molecule is CC1(C)c2ccccc2-c2ccc(N(c3ccc(C4CC5CCC4C5)cc3)c3cccc4cccc(C5CCCCC5)c34)c(-c3ccccc3)c21. The number of hydrogen-bond donors (Lipinski definition) is 0. The lowest BCUT2D eigenvalue weighted by molar-refractivity contribution is 0.420. The zero-order valence-corrected chi connectivity index (χ0v) is 30.2. The molecule has 0 spiro atoms. The summed E-state index contributed by atoms with van der Waals surface area (Å²) in [6.45, 7) is 4.86. The number of nitrogens with zero attached hydrogens (tertiary/aromatic N) is 1. The van der Waals surface area contributed by atoms with Crippen molar-refractivity contribution >= 4 is 27.8 Å². The Bertz CT molecular complexity index is 2230. The first-order valence-corrected chi connectivity index (χ1v) is 19.8. The largest absolute Gasteiger partial charge is 0.309 e. The molecule has 3 fully saturated rings. The molecule has 3 unspecified atom stereocenters. The maximum atomic E-state index is 2.64. The van der Waals surface area contributed by atoms with Gasteiger partial charge in [0.2, 0.25) is 0 Å². The van der Waals surface area contributed by atoms with Crippen molar-refractivity contribution in [2.75, 3.05) is 4.90 Å². The number of benzene rings is 6. The molecule has 0 saturated heterocycles. The van der Waals surface area contributed by atoms with Crippen LogP contribution in [-0.4, -0.2) is 0 Å². The van der Waals surface area contributed by atoms with Gasteiger partial charge in [0.15, 0.2) is 0 Å². The van der Waals surface area contributed by atoms with Crippen molar-refractivity contribution in [2.45, 2.75) is 88.9 Å². The van der Waals surface area contributed by atoms with Crippen LogP contribution in [0.2, 0.25) is 0 Å². The van der Waals surface area contributed by atoms with E-state index < -0.39 is 0 Å². The average Bonchev–Trinajstić information content (AvgIpc) is 3.89. The summed E-state index contributed by atoms with van der Waals surface area (Å²) < 4.78 is 0. The zero-order valence-electron chi connectivity index (χ0n) is 30.2. The van der Waals surface area contributed by atoms with Crippen molar-refractivity contribution < 1.29 is 0 Å². The van der Waals surface area contributed by atoms with Gasteiger partial charge in [-0.05, 0) is 124 Å². The van der Waals surface area contributed by atoms with Crippen LogP contribution in [-0.2, 0) is 5.41 Å². The summed E-state index contributed by atoms with van der Waals surface area (Å²) in [5.41, 5.74) is 14.9. The summed E-state index contributed by atoms with van der Waals surface area (Å²) in [6.07, 6.45) is 12.3. The van der Waals surface area contributed by atoms with E-state index in [0.29, 0.717) is 5.92 Å². The Morgan fingerprint density at radius 3 is 2.12 bits per heavy atom. The van der Waals surface area contributed by atoms with Crippen LogP contribution in [0.1, 0.15) is 106 Å². The van der Waals surface area contributed by atoms with Gasteiger partial charge in [-0.2, -0.15) is 0 Å². The Balaban J connectivity index is 1.24. The van der Waals surface area contributed by atoms with Gasteiger partial charge in [0, 0.05) is 22.1 Å². The van der Waals surface area contributed by atoms with Gasteiger partial charge < -0.3 is 4.90 Å². The molecule has 4 aliphatic carbocycles. The van der Waals surface area contributed by atoms with E-state index in [2.05, 4.69) is 146 Å². The van der Waals surface area contributed by atoms with E-state index in [0.717, 1.165) is 17.8 Å². The first kappa shape index (κ1) is 31.1. The summed E-state index contributed by atoms with van der Waals surface area (Å²) in [4.78, 5) is 2.64. The van der Waals surface area contributed by atoms with Crippen molar-refractivity contribution in [3.05, 3.63) is 150 Å². The molecule has 6 aromatic rings. The molecule has 51 heavy (non-hydrogen) atoms. The highest BCUT2D eigenvalue weighted by Crippen LogP contribution is 2.57. The summed E-state index contributed by atoms with van der Waals surface area (Å²) in [5, 5.41) is 2.76. The first-order chi connectivity index (χ1) is 25.1. The smallest absolute Gasteiger partial charge is 0.0543 e. The number of hydrogen-bond acceptors (Lipinski definition) is 1. The number of anilines is 3. The van der Waals surface area contributed by atoms with Crippen LogP contribution in [0, 0.1) is 11.8 Å². The minimum absolute atomic E-state index is 0.142. The minimum Gasteiger partial charge on any atom is -0.309 e. The highest BCUT2D eigenvalue weighted by Gasteiger charge is 2.41. The van der Waals surface area contributed by atoms with Crippen LogP contribution >= 0.6 is 0 Å². The Morgan fingerprint density at radius 2 is 1.35 bits per heavy atom. The molecule has 3 saturated carbocycles. The van der Waals surface area contributed by atoms with Gasteiger partial charge in [-0.3, -0.25) is 0 Å². The third-order valence-corrected chi connectivity index (χ3v) is 13.5. The van der Waals surface area contributed by atoms with E-state index in [1.807, 2.05) is 0 Å². The van der Waals surface area contributed by atoms with Gasteiger partial charge in [0.05, 0.1) is 11.4 Å². The normalized spacial score (nSPS) is 21.9. The van der Waals surface area contributed by atoms with Crippen LogP contribution < -0.4 is 4.90 Å². The fraction of sp³-hybridized carbons (Fsp3) is 0.320. The Kier molecular flexibility index (Phi) is 7.49. The monoisotopic (exact) mass is 663 g/mol. The summed E-state index contributed by atoms with van der Waals surface area (Å²) >= 11 is 0. The van der Waals surface area contributed by atoms with Gasteiger partial charge >= 0.3 is 0 Å². The van der Waals surface area contributed by atoms with Gasteiger partial charge in [-0.25, -0.2) is 0 Å². The predicted octanol–water partition coefficient (Wildman–Crippen LogP) is 14.2. The molecule has 254 valence electrons. The van der Waals surface area contributed by atoms with Gasteiger partial charge in [0.1, 0.15) is 0 Å². The van der Waals surface area contributed by atoms with E-state index >= 15 is 0 Å². The molecule has 0 aliphatic heterocycles. The first-order valence-electron chi connectivity index (χ1n) is 19.8. The van der Waals surface area contributed by atoms with E-state index in [4.69, 9.17) is 0 Å². The average molecular weight is 664 g/mol. The lowest BCUT2D eigenvalue weighted by atomic mass is 9.78. The molecule has 3 atom stereocenters. The van der Waals surface area contributed by atoms with Crippen molar-refractivity contribution in [1.82, 2.24) is 0 Å². The van der Waals surface area contributed by atoms with E-state index in [9.17, 15) is 0 Å². The third kappa shape index (κ3) is 5.02. The van der Waals surface area contributed by atoms with Gasteiger partial charge in [-0.15, -0.1) is 0 Å². The van der Waals surface area contributed by atoms with E-state index in [1.54, 1.807) is 5.56 Å². The molecule has 0 heterocycles. The Labute approximate surface area is 304 Å². The zero-order chi connectivity index (χ0) is 34.1. The molecule has 4 aliphatic rings. The van der Waals surface area contributed by atoms with Crippen molar-refractivity contribution in [3.63, 3.8) is 0 Å². The van der Waals surface area contributed by atoms with Crippen LogP contribution in [0.15, 0.2) is 127 Å².